The molecule has 1 saturated carbocycles. The number of nitrogens with one attached hydrogen (secondary N) is 1. The van der Waals surface area contributed by atoms with Gasteiger partial charge in [-0.25, -0.2) is 9.80 Å². The quantitative estimate of drug-likeness (QED) is 0.590. The molecule has 0 aromatic carbocycles. The summed E-state index contributed by atoms with van der Waals surface area (Å²) in [4.78, 5) is 23.0. The van der Waals surface area contributed by atoms with E-state index in [0.29, 0.717) is 19.2 Å². The van der Waals surface area contributed by atoms with Gasteiger partial charge in [0.25, 0.3) is 0 Å². The van der Waals surface area contributed by atoms with E-state index in [1.54, 1.807) is 11.9 Å². The Bertz CT molecular complexity index is 321. The van der Waals surface area contributed by atoms with Crippen molar-refractivity contribution in [2.45, 2.75) is 58.6 Å². The third-order valence-electron chi connectivity index (χ3n) is 2.48. The number of esters is 1. The Morgan fingerprint density at radius 1 is 1.32 bits per heavy atom. The van der Waals surface area contributed by atoms with Crippen LogP contribution in [0, 0.1) is 0 Å². The molecule has 0 unspecified atom stereocenters. The normalized spacial score (nSPS) is 15.2. The Hall–Kier alpha value is -1.30. The van der Waals surface area contributed by atoms with Crippen molar-refractivity contribution in [1.29, 1.82) is 0 Å². The molecule has 0 heterocycles. The first-order valence-electron chi connectivity index (χ1n) is 6.73. The minimum atomic E-state index is -0.527. The standard InChI is InChI=1S/C13H24N2O4/c1-5-18-11(16)8-9-15(10-6-7-10)14-12(17)19-13(2,3)4/h10H,5-9H2,1-4H3,(H,14,17). The molecule has 0 atom stereocenters. The molecule has 0 aromatic heterocycles. The van der Waals surface area contributed by atoms with E-state index in [9.17, 15) is 9.59 Å². The lowest BCUT2D eigenvalue weighted by molar-refractivity contribution is -0.143. The fourth-order valence-electron chi connectivity index (χ4n) is 1.58. The van der Waals surface area contributed by atoms with Gasteiger partial charge in [0, 0.05) is 12.6 Å². The Labute approximate surface area is 114 Å². The second-order valence-corrected chi connectivity index (χ2v) is 5.59. The van der Waals surface area contributed by atoms with E-state index in [4.69, 9.17) is 9.47 Å². The van der Waals surface area contributed by atoms with Crippen molar-refractivity contribution in [2.75, 3.05) is 13.2 Å². The second kappa shape index (κ2) is 6.75. The maximum atomic E-state index is 11.7. The third kappa shape index (κ3) is 7.00. The van der Waals surface area contributed by atoms with Crippen LogP contribution >= 0.6 is 0 Å². The van der Waals surface area contributed by atoms with Gasteiger partial charge in [-0.3, -0.25) is 10.2 Å². The summed E-state index contributed by atoms with van der Waals surface area (Å²) >= 11 is 0. The summed E-state index contributed by atoms with van der Waals surface area (Å²) in [6.07, 6.45) is 1.83. The number of carbonyl (C=O) groups is 2. The predicted octanol–water partition coefficient (Wildman–Crippen LogP) is 1.84. The van der Waals surface area contributed by atoms with E-state index in [1.807, 2.05) is 20.8 Å². The summed E-state index contributed by atoms with van der Waals surface area (Å²) in [7, 11) is 0. The van der Waals surface area contributed by atoms with Gasteiger partial charge < -0.3 is 9.47 Å². The van der Waals surface area contributed by atoms with Gasteiger partial charge in [-0.1, -0.05) is 0 Å². The summed E-state index contributed by atoms with van der Waals surface area (Å²) < 4.78 is 10.1. The number of amides is 1. The molecule has 1 aliphatic carbocycles. The molecule has 6 nitrogen and oxygen atoms in total. The van der Waals surface area contributed by atoms with Crippen LogP contribution in [0.3, 0.4) is 0 Å². The monoisotopic (exact) mass is 272 g/mol. The molecule has 0 spiro atoms. The molecule has 0 saturated heterocycles. The van der Waals surface area contributed by atoms with Gasteiger partial charge in [0.05, 0.1) is 13.0 Å². The number of nitrogens with zero attached hydrogens (tertiary/aromatic N) is 1. The van der Waals surface area contributed by atoms with Gasteiger partial charge in [-0.05, 0) is 40.5 Å². The second-order valence-electron chi connectivity index (χ2n) is 5.59. The zero-order valence-electron chi connectivity index (χ0n) is 12.2. The van der Waals surface area contributed by atoms with E-state index in [-0.39, 0.29) is 12.4 Å². The highest BCUT2D eigenvalue weighted by Crippen LogP contribution is 2.25. The van der Waals surface area contributed by atoms with Crippen molar-refractivity contribution < 1.29 is 19.1 Å². The molecule has 0 aliphatic heterocycles. The lowest BCUT2D eigenvalue weighted by Gasteiger charge is -2.25. The highest BCUT2D eigenvalue weighted by Gasteiger charge is 2.31. The average molecular weight is 272 g/mol. The number of rotatable bonds is 6. The van der Waals surface area contributed by atoms with Gasteiger partial charge in [0.15, 0.2) is 0 Å². The summed E-state index contributed by atoms with van der Waals surface area (Å²) in [5, 5.41) is 1.77. The molecular weight excluding hydrogens is 248 g/mol. The van der Waals surface area contributed by atoms with Crippen molar-refractivity contribution in [3.05, 3.63) is 0 Å². The maximum Gasteiger partial charge on any atom is 0.422 e. The highest BCUT2D eigenvalue weighted by molar-refractivity contribution is 5.70. The van der Waals surface area contributed by atoms with Gasteiger partial charge in [-0.15, -0.1) is 0 Å². The van der Waals surface area contributed by atoms with Crippen LogP contribution in [0.25, 0.3) is 0 Å². The SMILES string of the molecule is CCOC(=O)CCN(NC(=O)OC(C)(C)C)C1CC1. The molecule has 1 fully saturated rings. The molecule has 1 aliphatic rings. The van der Waals surface area contributed by atoms with E-state index in [1.165, 1.54) is 0 Å². The molecule has 1 rings (SSSR count). The molecule has 110 valence electrons. The van der Waals surface area contributed by atoms with Crippen LogP contribution in [-0.4, -0.2) is 41.9 Å². The predicted molar refractivity (Wildman–Crippen MR) is 70.3 cm³/mol. The van der Waals surface area contributed by atoms with E-state index >= 15 is 0 Å². The molecule has 0 bridgehead atoms. The van der Waals surface area contributed by atoms with Crippen molar-refractivity contribution in [1.82, 2.24) is 10.4 Å². The molecule has 19 heavy (non-hydrogen) atoms. The van der Waals surface area contributed by atoms with Gasteiger partial charge in [0.2, 0.25) is 0 Å². The summed E-state index contributed by atoms with van der Waals surface area (Å²) in [6.45, 7) is 8.03. The van der Waals surface area contributed by atoms with E-state index in [0.717, 1.165) is 12.8 Å². The van der Waals surface area contributed by atoms with Crippen LogP contribution in [0.1, 0.15) is 47.0 Å². The third-order valence-corrected chi connectivity index (χ3v) is 2.48. The van der Waals surface area contributed by atoms with E-state index in [2.05, 4.69) is 5.43 Å². The van der Waals surface area contributed by atoms with Crippen molar-refractivity contribution in [2.24, 2.45) is 0 Å². The molecule has 0 aromatic rings. The van der Waals surface area contributed by atoms with Crippen molar-refractivity contribution >= 4 is 12.1 Å². The number of hydrogen-bond donors (Lipinski definition) is 1. The first-order chi connectivity index (χ1) is 8.81. The van der Waals surface area contributed by atoms with Crippen LogP contribution in [0.2, 0.25) is 0 Å². The Morgan fingerprint density at radius 3 is 2.42 bits per heavy atom. The minimum Gasteiger partial charge on any atom is -0.466 e. The van der Waals surface area contributed by atoms with Gasteiger partial charge in [-0.2, -0.15) is 0 Å². The summed E-state index contributed by atoms with van der Waals surface area (Å²) in [5.41, 5.74) is 2.17. The van der Waals surface area contributed by atoms with Gasteiger partial charge in [0.1, 0.15) is 5.60 Å². The largest absolute Gasteiger partial charge is 0.466 e. The smallest absolute Gasteiger partial charge is 0.422 e. The van der Waals surface area contributed by atoms with Crippen LogP contribution in [-0.2, 0) is 14.3 Å². The number of hydrogen-bond acceptors (Lipinski definition) is 5. The molecule has 1 N–H and O–H groups in total. The fourth-order valence-corrected chi connectivity index (χ4v) is 1.58. The Morgan fingerprint density at radius 2 is 1.95 bits per heavy atom. The molecular formula is C13H24N2O4. The van der Waals surface area contributed by atoms with Crippen molar-refractivity contribution in [3.8, 4) is 0 Å². The van der Waals surface area contributed by atoms with E-state index < -0.39 is 11.7 Å². The molecule has 1 amide bonds. The number of carbonyl (C=O) groups excluding carboxylic acids is 2. The molecule has 0 radical (unpaired) electrons. The number of hydrazine groups is 1. The Kier molecular flexibility index (Phi) is 5.60. The van der Waals surface area contributed by atoms with Crippen LogP contribution in [0.15, 0.2) is 0 Å². The first kappa shape index (κ1) is 15.8. The topological polar surface area (TPSA) is 67.9 Å². The minimum absolute atomic E-state index is 0.251. The summed E-state index contributed by atoms with van der Waals surface area (Å²) in [5.74, 6) is -0.251. The number of ether oxygens (including phenoxy) is 2. The zero-order chi connectivity index (χ0) is 14.5. The van der Waals surface area contributed by atoms with Crippen molar-refractivity contribution in [3.63, 3.8) is 0 Å². The summed E-state index contributed by atoms with van der Waals surface area (Å²) in [6, 6.07) is 0.307. The van der Waals surface area contributed by atoms with Gasteiger partial charge >= 0.3 is 12.1 Å². The van der Waals surface area contributed by atoms with Crippen LogP contribution < -0.4 is 5.43 Å². The average Bonchev–Trinajstić information content (AvgIpc) is 3.05. The fraction of sp³-hybridized carbons (Fsp3) is 0.846. The first-order valence-corrected chi connectivity index (χ1v) is 6.73. The Balaban J connectivity index is 2.36. The van der Waals surface area contributed by atoms with Crippen LogP contribution in [0.4, 0.5) is 4.79 Å². The maximum absolute atomic E-state index is 11.7. The molecule has 6 heteroatoms. The highest BCUT2D eigenvalue weighted by atomic mass is 16.6. The lowest BCUT2D eigenvalue weighted by atomic mass is 10.2. The lowest BCUT2D eigenvalue weighted by Crippen LogP contribution is -2.46. The zero-order valence-corrected chi connectivity index (χ0v) is 12.2. The van der Waals surface area contributed by atoms with Crippen LogP contribution in [0.5, 0.6) is 0 Å².